The molecular formula is C8H7N3O2. The number of aromatic nitrogens is 2. The maximum Gasteiger partial charge on any atom is 0.430 e. The van der Waals surface area contributed by atoms with Crippen molar-refractivity contribution < 1.29 is 9.63 Å². The Bertz CT molecular complexity index is 449. The van der Waals surface area contributed by atoms with E-state index < -0.39 is 6.09 Å². The first-order valence-corrected chi connectivity index (χ1v) is 3.68. The van der Waals surface area contributed by atoms with Gasteiger partial charge in [0.1, 0.15) is 5.52 Å². The van der Waals surface area contributed by atoms with Gasteiger partial charge in [-0.15, -0.1) is 5.10 Å². The average Bonchev–Trinajstić information content (AvgIpc) is 2.48. The van der Waals surface area contributed by atoms with Gasteiger partial charge in [0.15, 0.2) is 0 Å². The lowest BCUT2D eigenvalue weighted by molar-refractivity contribution is 0.132. The van der Waals surface area contributed by atoms with E-state index in [1.165, 1.54) is 0 Å². The number of hydrogen-bond acceptors (Lipinski definition) is 3. The third-order valence-corrected chi connectivity index (χ3v) is 1.62. The molecule has 0 atom stereocenters. The largest absolute Gasteiger partial charge is 0.430 e. The van der Waals surface area contributed by atoms with Gasteiger partial charge in [0.25, 0.3) is 0 Å². The molecule has 0 saturated carbocycles. The smallest absolute Gasteiger partial charge is 0.333 e. The van der Waals surface area contributed by atoms with E-state index >= 15 is 0 Å². The zero-order chi connectivity index (χ0) is 9.26. The van der Waals surface area contributed by atoms with Crippen LogP contribution in [-0.2, 0) is 0 Å². The fourth-order valence-electron chi connectivity index (χ4n) is 1.11. The second-order valence-electron chi connectivity index (χ2n) is 2.49. The van der Waals surface area contributed by atoms with Gasteiger partial charge in [-0.1, -0.05) is 23.0 Å². The molecule has 0 radical (unpaired) electrons. The minimum Gasteiger partial charge on any atom is -0.333 e. The number of fused-ring (bicyclic) bond motifs is 1. The first-order chi connectivity index (χ1) is 6.27. The highest BCUT2D eigenvalue weighted by atomic mass is 16.7. The highest BCUT2D eigenvalue weighted by Gasteiger charge is 2.03. The molecule has 0 aliphatic heterocycles. The standard InChI is InChI=1S/C8H7N3O2/c9-8(12)13-11-7-4-2-1-3-6(7)5-10-11/h1-5H,(H2,9,12). The van der Waals surface area contributed by atoms with E-state index in [0.717, 1.165) is 10.2 Å². The number of hydrogen-bond donors (Lipinski definition) is 1. The Kier molecular flexibility index (Phi) is 1.63. The molecule has 0 spiro atoms. The number of para-hydroxylation sites is 1. The van der Waals surface area contributed by atoms with Gasteiger partial charge in [-0.3, -0.25) is 4.84 Å². The lowest BCUT2D eigenvalue weighted by Crippen LogP contribution is -2.26. The number of carbonyl (C=O) groups excluding carboxylic acids is 1. The molecule has 66 valence electrons. The highest BCUT2D eigenvalue weighted by molar-refractivity contribution is 5.78. The van der Waals surface area contributed by atoms with Crippen molar-refractivity contribution >= 4 is 17.0 Å². The van der Waals surface area contributed by atoms with E-state index in [9.17, 15) is 4.79 Å². The van der Waals surface area contributed by atoms with Gasteiger partial charge >= 0.3 is 6.09 Å². The second kappa shape index (κ2) is 2.78. The molecule has 0 saturated heterocycles. The summed E-state index contributed by atoms with van der Waals surface area (Å²) >= 11 is 0. The van der Waals surface area contributed by atoms with Crippen molar-refractivity contribution in [1.29, 1.82) is 0 Å². The van der Waals surface area contributed by atoms with Crippen LogP contribution in [0.2, 0.25) is 0 Å². The minimum absolute atomic E-state index is 0.710. The lowest BCUT2D eigenvalue weighted by Gasteiger charge is -1.99. The fraction of sp³-hybridized carbons (Fsp3) is 0. The predicted molar refractivity (Wildman–Crippen MR) is 45.9 cm³/mol. The van der Waals surface area contributed by atoms with Gasteiger partial charge in [-0.2, -0.15) is 0 Å². The van der Waals surface area contributed by atoms with E-state index in [1.807, 2.05) is 18.2 Å². The Morgan fingerprint density at radius 3 is 3.00 bits per heavy atom. The number of nitrogens with two attached hydrogens (primary N) is 1. The summed E-state index contributed by atoms with van der Waals surface area (Å²) in [4.78, 5) is 16.2. The van der Waals surface area contributed by atoms with Gasteiger partial charge < -0.3 is 5.73 Å². The molecule has 5 nitrogen and oxygen atoms in total. The lowest BCUT2D eigenvalue weighted by atomic mass is 10.3. The van der Waals surface area contributed by atoms with Crippen LogP contribution in [-0.4, -0.2) is 16.0 Å². The van der Waals surface area contributed by atoms with Crippen LogP contribution in [0.25, 0.3) is 10.9 Å². The summed E-state index contributed by atoms with van der Waals surface area (Å²) in [6.07, 6.45) is 0.715. The van der Waals surface area contributed by atoms with Gasteiger partial charge in [0.2, 0.25) is 0 Å². The minimum atomic E-state index is -0.881. The van der Waals surface area contributed by atoms with Gasteiger partial charge in [0, 0.05) is 5.39 Å². The summed E-state index contributed by atoms with van der Waals surface area (Å²) in [5, 5.41) is 4.72. The van der Waals surface area contributed by atoms with Crippen molar-refractivity contribution in [2.24, 2.45) is 5.73 Å². The molecule has 0 unspecified atom stereocenters. The molecule has 0 bridgehead atoms. The van der Waals surface area contributed by atoms with Crippen LogP contribution in [0.3, 0.4) is 0 Å². The molecule has 2 aromatic rings. The quantitative estimate of drug-likeness (QED) is 0.691. The normalized spacial score (nSPS) is 10.2. The predicted octanol–water partition coefficient (Wildman–Crippen LogP) is 0.544. The number of nitrogens with zero attached hydrogens (tertiary/aromatic N) is 2. The van der Waals surface area contributed by atoms with E-state index in [-0.39, 0.29) is 0 Å². The van der Waals surface area contributed by atoms with E-state index in [1.54, 1.807) is 12.3 Å². The molecule has 1 amide bonds. The Hall–Kier alpha value is -2.04. The molecule has 1 heterocycles. The van der Waals surface area contributed by atoms with Gasteiger partial charge in [-0.05, 0) is 6.07 Å². The molecular weight excluding hydrogens is 170 g/mol. The van der Waals surface area contributed by atoms with Crippen LogP contribution < -0.4 is 10.6 Å². The van der Waals surface area contributed by atoms with Crippen LogP contribution in [0.4, 0.5) is 4.79 Å². The summed E-state index contributed by atoms with van der Waals surface area (Å²) in [6.45, 7) is 0. The van der Waals surface area contributed by atoms with E-state index in [2.05, 4.69) is 9.94 Å². The van der Waals surface area contributed by atoms with Crippen LogP contribution in [0.1, 0.15) is 0 Å². The average molecular weight is 177 g/mol. The maximum absolute atomic E-state index is 10.4. The third-order valence-electron chi connectivity index (χ3n) is 1.62. The van der Waals surface area contributed by atoms with Crippen LogP contribution in [0, 0.1) is 0 Å². The number of rotatable bonds is 1. The van der Waals surface area contributed by atoms with Crippen molar-refractivity contribution in [1.82, 2.24) is 9.94 Å². The first-order valence-electron chi connectivity index (χ1n) is 3.68. The Balaban J connectivity index is 2.51. The van der Waals surface area contributed by atoms with Crippen molar-refractivity contribution in [3.8, 4) is 0 Å². The van der Waals surface area contributed by atoms with Crippen molar-refractivity contribution in [3.63, 3.8) is 0 Å². The summed E-state index contributed by atoms with van der Waals surface area (Å²) in [5.74, 6) is 0. The Morgan fingerprint density at radius 2 is 2.23 bits per heavy atom. The zero-order valence-corrected chi connectivity index (χ0v) is 6.68. The molecule has 0 fully saturated rings. The van der Waals surface area contributed by atoms with Crippen LogP contribution in [0.15, 0.2) is 30.5 Å². The highest BCUT2D eigenvalue weighted by Crippen LogP contribution is 2.10. The molecule has 1 aromatic heterocycles. The first kappa shape index (κ1) is 7.60. The maximum atomic E-state index is 10.4. The number of carbonyl (C=O) groups is 1. The zero-order valence-electron chi connectivity index (χ0n) is 6.68. The molecule has 5 heteroatoms. The van der Waals surface area contributed by atoms with Gasteiger partial charge in [0.05, 0.1) is 6.20 Å². The van der Waals surface area contributed by atoms with Crippen LogP contribution >= 0.6 is 0 Å². The molecule has 0 aliphatic carbocycles. The number of amides is 1. The van der Waals surface area contributed by atoms with Gasteiger partial charge in [-0.25, -0.2) is 4.79 Å². The molecule has 13 heavy (non-hydrogen) atoms. The van der Waals surface area contributed by atoms with E-state index in [4.69, 9.17) is 5.73 Å². The van der Waals surface area contributed by atoms with Crippen molar-refractivity contribution in [2.45, 2.75) is 0 Å². The summed E-state index contributed by atoms with van der Waals surface area (Å²) < 4.78 is 0. The molecule has 1 aromatic carbocycles. The molecule has 0 aliphatic rings. The monoisotopic (exact) mass is 177 g/mol. The molecule has 2 rings (SSSR count). The Morgan fingerprint density at radius 1 is 1.46 bits per heavy atom. The second-order valence-corrected chi connectivity index (χ2v) is 2.49. The number of primary amides is 1. The SMILES string of the molecule is NC(=O)On1ncc2ccccc21. The topological polar surface area (TPSA) is 70.1 Å². The molecule has 2 N–H and O–H groups in total. The third kappa shape index (κ3) is 1.31. The Labute approximate surface area is 73.7 Å². The van der Waals surface area contributed by atoms with Crippen molar-refractivity contribution in [3.05, 3.63) is 30.5 Å². The summed E-state index contributed by atoms with van der Waals surface area (Å²) in [7, 11) is 0. The number of benzene rings is 1. The fourth-order valence-corrected chi connectivity index (χ4v) is 1.11. The van der Waals surface area contributed by atoms with E-state index in [0.29, 0.717) is 5.52 Å². The van der Waals surface area contributed by atoms with Crippen molar-refractivity contribution in [2.75, 3.05) is 0 Å². The summed E-state index contributed by atoms with van der Waals surface area (Å²) in [5.41, 5.74) is 5.56. The van der Waals surface area contributed by atoms with Crippen LogP contribution in [0.5, 0.6) is 0 Å². The summed E-state index contributed by atoms with van der Waals surface area (Å²) in [6, 6.07) is 7.35.